The van der Waals surface area contributed by atoms with Crippen molar-refractivity contribution in [3.63, 3.8) is 0 Å². The molecule has 1 saturated heterocycles. The largest absolute Gasteiger partial charge is 0.465 e. The first-order valence-corrected chi connectivity index (χ1v) is 14.0. The molecule has 1 aliphatic heterocycles. The van der Waals surface area contributed by atoms with E-state index >= 15 is 0 Å². The average Bonchev–Trinajstić information content (AvgIpc) is 3.49. The number of carbonyl (C=O) groups is 2. The van der Waals surface area contributed by atoms with Gasteiger partial charge < -0.3 is 29.6 Å². The summed E-state index contributed by atoms with van der Waals surface area (Å²) in [5, 5.41) is 7.14. The summed E-state index contributed by atoms with van der Waals surface area (Å²) < 4.78 is 11.9. The number of nitrogens with zero attached hydrogens (tertiary/aromatic N) is 3. The van der Waals surface area contributed by atoms with Gasteiger partial charge in [0.05, 0.1) is 41.2 Å². The van der Waals surface area contributed by atoms with E-state index in [0.29, 0.717) is 21.4 Å². The number of nitrogens with one attached hydrogen (secondary N) is 2. The molecule has 42 heavy (non-hydrogen) atoms. The van der Waals surface area contributed by atoms with Crippen molar-refractivity contribution in [2.45, 2.75) is 25.9 Å². The van der Waals surface area contributed by atoms with Crippen molar-refractivity contribution in [2.75, 3.05) is 31.0 Å². The summed E-state index contributed by atoms with van der Waals surface area (Å²) >= 11 is 12.5. The summed E-state index contributed by atoms with van der Waals surface area (Å²) in [7, 11) is 2.82. The predicted molar refractivity (Wildman–Crippen MR) is 166 cm³/mol. The Morgan fingerprint density at radius 3 is 2.43 bits per heavy atom. The summed E-state index contributed by atoms with van der Waals surface area (Å²) in [6, 6.07) is 20.2. The summed E-state index contributed by atoms with van der Waals surface area (Å²) in [5.74, 6) is -0.684. The molecule has 2 aromatic carbocycles. The van der Waals surface area contributed by atoms with Crippen LogP contribution >= 0.6 is 23.8 Å². The summed E-state index contributed by atoms with van der Waals surface area (Å²) in [4.78, 5) is 30.7. The first kappa shape index (κ1) is 29.2. The zero-order chi connectivity index (χ0) is 30.0. The highest BCUT2D eigenvalue weighted by molar-refractivity contribution is 7.80. The van der Waals surface area contributed by atoms with Crippen LogP contribution in [0.2, 0.25) is 5.02 Å². The number of pyridine rings is 1. The lowest BCUT2D eigenvalue weighted by Crippen LogP contribution is -2.29. The fraction of sp³-hybridized carbons (Fsp3) is 0.226. The number of esters is 1. The molecule has 0 spiro atoms. The molecule has 1 fully saturated rings. The van der Waals surface area contributed by atoms with Crippen LogP contribution in [0.1, 0.15) is 45.1 Å². The lowest BCUT2D eigenvalue weighted by molar-refractivity contribution is -0.119. The van der Waals surface area contributed by atoms with E-state index in [1.165, 1.54) is 14.2 Å². The van der Waals surface area contributed by atoms with Crippen molar-refractivity contribution in [3.05, 3.63) is 106 Å². The fourth-order valence-corrected chi connectivity index (χ4v) is 5.94. The van der Waals surface area contributed by atoms with E-state index in [2.05, 4.69) is 33.2 Å². The van der Waals surface area contributed by atoms with Gasteiger partial charge in [0.25, 0.3) is 0 Å². The van der Waals surface area contributed by atoms with Crippen molar-refractivity contribution < 1.29 is 19.1 Å². The molecule has 2 atom stereocenters. The highest BCUT2D eigenvalue weighted by Crippen LogP contribution is 2.44. The van der Waals surface area contributed by atoms with Gasteiger partial charge in [0, 0.05) is 36.1 Å². The van der Waals surface area contributed by atoms with Gasteiger partial charge in [0.1, 0.15) is 6.61 Å². The predicted octanol–water partition coefficient (Wildman–Crippen LogP) is 5.69. The van der Waals surface area contributed by atoms with Crippen LogP contribution in [0.4, 0.5) is 11.4 Å². The maximum absolute atomic E-state index is 12.1. The van der Waals surface area contributed by atoms with Crippen LogP contribution in [-0.4, -0.2) is 47.4 Å². The standard InChI is InChI=1S/C31H30ClN5O4S/c1-18-15-23(19(2)36(18)21-10-8-20(9-11-21)30(39)41-4)29-28(26-7-5-6-14-33-26)35-31(42)37(29)22-12-13-25(24(32)16-22)34-27(38)17-40-3/h5-16,28-29H,17H2,1-4H3,(H,34,38)(H,35,42)/t28-,29+/m0/s1. The molecule has 1 aliphatic rings. The second-order valence-corrected chi connectivity index (χ2v) is 10.6. The van der Waals surface area contributed by atoms with Gasteiger partial charge >= 0.3 is 5.97 Å². The summed E-state index contributed by atoms with van der Waals surface area (Å²) in [6.45, 7) is 4.03. The molecule has 0 bridgehead atoms. The lowest BCUT2D eigenvalue weighted by atomic mass is 9.96. The molecule has 9 nitrogen and oxygen atoms in total. The maximum Gasteiger partial charge on any atom is 0.337 e. The van der Waals surface area contributed by atoms with Crippen molar-refractivity contribution in [1.82, 2.24) is 14.9 Å². The van der Waals surface area contributed by atoms with E-state index in [1.54, 1.807) is 30.5 Å². The maximum atomic E-state index is 12.1. The topological polar surface area (TPSA) is 97.7 Å². The summed E-state index contributed by atoms with van der Waals surface area (Å²) in [5.41, 5.74) is 6.54. The summed E-state index contributed by atoms with van der Waals surface area (Å²) in [6.07, 6.45) is 1.76. The minimum atomic E-state index is -0.384. The molecule has 0 saturated carbocycles. The monoisotopic (exact) mass is 603 g/mol. The Labute approximate surface area is 254 Å². The molecule has 2 N–H and O–H groups in total. The molecule has 3 heterocycles. The second-order valence-electron chi connectivity index (χ2n) is 9.84. The van der Waals surface area contributed by atoms with Gasteiger partial charge in [-0.3, -0.25) is 9.78 Å². The number of rotatable bonds is 8. The van der Waals surface area contributed by atoms with Crippen LogP contribution < -0.4 is 15.5 Å². The molecule has 0 unspecified atom stereocenters. The number of anilines is 2. The fourth-order valence-electron chi connectivity index (χ4n) is 5.37. The molecule has 1 amide bonds. The number of hydrogen-bond donors (Lipinski definition) is 2. The Kier molecular flexibility index (Phi) is 8.58. The molecule has 5 rings (SSSR count). The number of aryl methyl sites for hydroxylation is 1. The molecular formula is C31H30ClN5O4S. The third kappa shape index (κ3) is 5.61. The first-order chi connectivity index (χ1) is 20.2. The number of carbonyl (C=O) groups excluding carboxylic acids is 2. The van der Waals surface area contributed by atoms with Crippen molar-refractivity contribution >= 4 is 52.2 Å². The minimum Gasteiger partial charge on any atom is -0.465 e. The van der Waals surface area contributed by atoms with E-state index in [-0.39, 0.29) is 30.6 Å². The number of amides is 1. The number of aromatic nitrogens is 2. The van der Waals surface area contributed by atoms with Crippen LogP contribution in [0.25, 0.3) is 5.69 Å². The number of halogens is 1. The molecule has 0 aliphatic carbocycles. The number of methoxy groups -OCH3 is 2. The van der Waals surface area contributed by atoms with E-state index in [0.717, 1.165) is 34.0 Å². The molecule has 2 aromatic heterocycles. The lowest BCUT2D eigenvalue weighted by Gasteiger charge is -2.28. The number of benzene rings is 2. The van der Waals surface area contributed by atoms with Crippen molar-refractivity contribution in [1.29, 1.82) is 0 Å². The molecule has 4 aromatic rings. The zero-order valence-electron chi connectivity index (χ0n) is 23.6. The SMILES string of the molecule is COCC(=O)Nc1ccc(N2C(=S)N[C@@H](c3ccccn3)[C@H]2c2cc(C)n(-c3ccc(C(=O)OC)cc3)c2C)cc1Cl. The smallest absolute Gasteiger partial charge is 0.337 e. The van der Waals surface area contributed by atoms with Gasteiger partial charge in [-0.25, -0.2) is 4.79 Å². The van der Waals surface area contributed by atoms with Crippen LogP contribution in [0, 0.1) is 13.8 Å². The van der Waals surface area contributed by atoms with Crippen LogP contribution in [0.5, 0.6) is 0 Å². The number of thiocarbonyl (C=S) groups is 1. The molecular weight excluding hydrogens is 574 g/mol. The van der Waals surface area contributed by atoms with E-state index < -0.39 is 0 Å². The Bertz CT molecular complexity index is 1640. The number of ether oxygens (including phenoxy) is 2. The third-order valence-corrected chi connectivity index (χ3v) is 7.84. The molecule has 0 radical (unpaired) electrons. The third-order valence-electron chi connectivity index (χ3n) is 7.21. The quantitative estimate of drug-likeness (QED) is 0.196. The Hall–Kier alpha value is -4.25. The van der Waals surface area contributed by atoms with Crippen molar-refractivity contribution in [2.24, 2.45) is 0 Å². The zero-order valence-corrected chi connectivity index (χ0v) is 25.1. The van der Waals surface area contributed by atoms with Gasteiger partial charge in [-0.15, -0.1) is 0 Å². The Morgan fingerprint density at radius 2 is 1.79 bits per heavy atom. The van der Waals surface area contributed by atoms with Gasteiger partial charge in [0.2, 0.25) is 5.91 Å². The van der Waals surface area contributed by atoms with Crippen LogP contribution in [-0.2, 0) is 14.3 Å². The highest BCUT2D eigenvalue weighted by Gasteiger charge is 2.42. The van der Waals surface area contributed by atoms with E-state index in [9.17, 15) is 9.59 Å². The van der Waals surface area contributed by atoms with Gasteiger partial charge in [-0.05, 0) is 92.3 Å². The molecule has 11 heteroatoms. The Balaban J connectivity index is 1.58. The van der Waals surface area contributed by atoms with Crippen molar-refractivity contribution in [3.8, 4) is 5.69 Å². The van der Waals surface area contributed by atoms with Gasteiger partial charge in [0.15, 0.2) is 5.11 Å². The minimum absolute atomic E-state index is 0.0763. The normalized spacial score (nSPS) is 16.3. The van der Waals surface area contributed by atoms with Gasteiger partial charge in [-0.2, -0.15) is 0 Å². The Morgan fingerprint density at radius 1 is 1.05 bits per heavy atom. The number of hydrogen-bond acceptors (Lipinski definition) is 6. The first-order valence-electron chi connectivity index (χ1n) is 13.2. The van der Waals surface area contributed by atoms with Crippen LogP contribution in [0.15, 0.2) is 72.9 Å². The van der Waals surface area contributed by atoms with E-state index in [4.69, 9.17) is 33.3 Å². The van der Waals surface area contributed by atoms with Crippen LogP contribution in [0.3, 0.4) is 0 Å². The molecule has 216 valence electrons. The van der Waals surface area contributed by atoms with E-state index in [1.807, 2.05) is 48.2 Å². The second kappa shape index (κ2) is 12.3. The highest BCUT2D eigenvalue weighted by atomic mass is 35.5. The average molecular weight is 604 g/mol. The van der Waals surface area contributed by atoms with Gasteiger partial charge in [-0.1, -0.05) is 17.7 Å².